The Balaban J connectivity index is 1.74. The first-order chi connectivity index (χ1) is 13.7. The topological polar surface area (TPSA) is 64.6 Å². The van der Waals surface area contributed by atoms with Crippen molar-refractivity contribution in [2.24, 2.45) is 0 Å². The molecule has 0 bridgehead atoms. The molecule has 0 aromatic heterocycles. The zero-order chi connectivity index (χ0) is 21.0. The van der Waals surface area contributed by atoms with E-state index in [4.69, 9.17) is 9.47 Å². The average molecular weight is 414 g/mol. The number of ether oxygens (including phenoxy) is 2. The first kappa shape index (κ1) is 21.2. The second-order valence-electron chi connectivity index (χ2n) is 8.02. The van der Waals surface area contributed by atoms with Crippen LogP contribution in [0.4, 0.5) is 4.79 Å². The van der Waals surface area contributed by atoms with Crippen molar-refractivity contribution in [2.75, 3.05) is 0 Å². The van der Waals surface area contributed by atoms with E-state index in [2.05, 4.69) is 5.32 Å². The highest BCUT2D eigenvalue weighted by molar-refractivity contribution is 7.99. The van der Waals surface area contributed by atoms with Crippen LogP contribution in [0, 0.1) is 0 Å². The van der Waals surface area contributed by atoms with Gasteiger partial charge < -0.3 is 14.8 Å². The molecule has 5 nitrogen and oxygen atoms in total. The predicted molar refractivity (Wildman–Crippen MR) is 114 cm³/mol. The van der Waals surface area contributed by atoms with Crippen LogP contribution in [-0.2, 0) is 4.74 Å². The Hall–Kier alpha value is -2.47. The van der Waals surface area contributed by atoms with Gasteiger partial charge in [-0.1, -0.05) is 36.9 Å². The summed E-state index contributed by atoms with van der Waals surface area (Å²) in [5.41, 5.74) is 0.00712. The highest BCUT2D eigenvalue weighted by Crippen LogP contribution is 2.35. The van der Waals surface area contributed by atoms with E-state index in [1.165, 1.54) is 0 Å². The molecule has 154 valence electrons. The minimum atomic E-state index is -0.582. The number of hydrogen-bond donors (Lipinski definition) is 1. The molecule has 29 heavy (non-hydrogen) atoms. The molecule has 0 radical (unpaired) electrons. The van der Waals surface area contributed by atoms with Gasteiger partial charge in [-0.25, -0.2) is 4.79 Å². The maximum absolute atomic E-state index is 12.7. The van der Waals surface area contributed by atoms with Gasteiger partial charge in [-0.15, -0.1) is 0 Å². The first-order valence-electron chi connectivity index (χ1n) is 9.81. The molecule has 2 unspecified atom stereocenters. The number of benzene rings is 2. The second-order valence-corrected chi connectivity index (χ2v) is 9.16. The summed E-state index contributed by atoms with van der Waals surface area (Å²) in [4.78, 5) is 27.0. The quantitative estimate of drug-likeness (QED) is 0.704. The van der Waals surface area contributed by atoms with Crippen molar-refractivity contribution in [3.63, 3.8) is 0 Å². The van der Waals surface area contributed by atoms with Gasteiger partial charge in [-0.2, -0.15) is 0 Å². The summed E-state index contributed by atoms with van der Waals surface area (Å²) in [5, 5.41) is 2.86. The lowest BCUT2D eigenvalue weighted by molar-refractivity contribution is 0.0414. The molecule has 3 rings (SSSR count). The number of Topliss-reactive ketones (excluding diaryl/α,β-unsaturated/α-hetero) is 1. The molecule has 1 aliphatic heterocycles. The van der Waals surface area contributed by atoms with E-state index in [1.54, 1.807) is 11.8 Å². The number of alkyl carbamates (subject to hydrolysis) is 1. The molecule has 0 spiro atoms. The Morgan fingerprint density at radius 1 is 1.21 bits per heavy atom. The van der Waals surface area contributed by atoms with Crippen molar-refractivity contribution < 1.29 is 19.1 Å². The number of hydrogen-bond acceptors (Lipinski definition) is 5. The van der Waals surface area contributed by atoms with Crippen LogP contribution in [0.5, 0.6) is 5.75 Å². The molecule has 6 heteroatoms. The molecule has 2 aromatic rings. The van der Waals surface area contributed by atoms with E-state index >= 15 is 0 Å². The van der Waals surface area contributed by atoms with Crippen LogP contribution in [0.1, 0.15) is 50.9 Å². The number of carbonyl (C=O) groups is 2. The summed E-state index contributed by atoms with van der Waals surface area (Å²) in [6.45, 7) is 7.40. The van der Waals surface area contributed by atoms with Crippen molar-refractivity contribution in [1.29, 1.82) is 0 Å². The van der Waals surface area contributed by atoms with Crippen LogP contribution in [-0.4, -0.2) is 29.6 Å². The summed E-state index contributed by atoms with van der Waals surface area (Å²) in [7, 11) is 0. The Bertz CT molecular complexity index is 876. The number of rotatable bonds is 5. The summed E-state index contributed by atoms with van der Waals surface area (Å²) in [5.74, 6) is 0.591. The Labute approximate surface area is 176 Å². The number of carbonyl (C=O) groups excluding carboxylic acids is 2. The number of fused-ring (bicyclic) bond motifs is 1. The van der Waals surface area contributed by atoms with Crippen LogP contribution in [0.2, 0.25) is 0 Å². The maximum Gasteiger partial charge on any atom is 0.408 e. The third kappa shape index (κ3) is 5.76. The van der Waals surface area contributed by atoms with Crippen LogP contribution < -0.4 is 10.1 Å². The maximum atomic E-state index is 12.7. The average Bonchev–Trinajstić information content (AvgIpc) is 2.65. The van der Waals surface area contributed by atoms with E-state index in [1.807, 2.05) is 76.2 Å². The van der Waals surface area contributed by atoms with Crippen molar-refractivity contribution in [3.05, 3.63) is 54.1 Å². The van der Waals surface area contributed by atoms with E-state index in [0.29, 0.717) is 17.7 Å². The summed E-state index contributed by atoms with van der Waals surface area (Å²) in [6.07, 6.45) is -0.0682. The lowest BCUT2D eigenvalue weighted by atomic mass is 9.95. The standard InChI is InChI=1S/C23H27NO4S/c1-5-18(24-22(26)28-23(2,3)4)21-14-19(25)17-12-11-16(13-20(17)27-21)29-15-9-7-6-8-10-15/h6-13,18,21H,5,14H2,1-4H3,(H,24,26). The lowest BCUT2D eigenvalue weighted by Crippen LogP contribution is -2.49. The molecule has 0 saturated heterocycles. The molecular weight excluding hydrogens is 386 g/mol. The van der Waals surface area contributed by atoms with Gasteiger partial charge in [0.25, 0.3) is 0 Å². The lowest BCUT2D eigenvalue weighted by Gasteiger charge is -2.32. The van der Waals surface area contributed by atoms with Crippen molar-refractivity contribution >= 4 is 23.6 Å². The van der Waals surface area contributed by atoms with Gasteiger partial charge in [0.05, 0.1) is 18.0 Å². The summed E-state index contributed by atoms with van der Waals surface area (Å²) < 4.78 is 11.5. The Kier molecular flexibility index (Phi) is 6.52. The highest BCUT2D eigenvalue weighted by atomic mass is 32.2. The Morgan fingerprint density at radius 3 is 2.59 bits per heavy atom. The van der Waals surface area contributed by atoms with Crippen LogP contribution in [0.3, 0.4) is 0 Å². The van der Waals surface area contributed by atoms with Gasteiger partial charge in [0, 0.05) is 9.79 Å². The van der Waals surface area contributed by atoms with Gasteiger partial charge in [-0.05, 0) is 57.5 Å². The van der Waals surface area contributed by atoms with Crippen LogP contribution in [0.25, 0.3) is 0 Å². The first-order valence-corrected chi connectivity index (χ1v) is 10.6. The van der Waals surface area contributed by atoms with Gasteiger partial charge >= 0.3 is 6.09 Å². The smallest absolute Gasteiger partial charge is 0.408 e. The molecular formula is C23H27NO4S. The Morgan fingerprint density at radius 2 is 1.93 bits per heavy atom. The van der Waals surface area contributed by atoms with E-state index in [0.717, 1.165) is 9.79 Å². The molecule has 0 aliphatic carbocycles. The van der Waals surface area contributed by atoms with Crippen LogP contribution in [0.15, 0.2) is 58.3 Å². The summed E-state index contributed by atoms with van der Waals surface area (Å²) >= 11 is 1.61. The third-order valence-electron chi connectivity index (χ3n) is 4.49. The highest BCUT2D eigenvalue weighted by Gasteiger charge is 2.33. The van der Waals surface area contributed by atoms with E-state index in [-0.39, 0.29) is 18.2 Å². The number of nitrogens with one attached hydrogen (secondary N) is 1. The zero-order valence-corrected chi connectivity index (χ0v) is 18.0. The normalized spacial score (nSPS) is 17.1. The van der Waals surface area contributed by atoms with Crippen molar-refractivity contribution in [1.82, 2.24) is 5.32 Å². The summed E-state index contributed by atoms with van der Waals surface area (Å²) in [6, 6.07) is 15.4. The fourth-order valence-electron chi connectivity index (χ4n) is 3.16. The molecule has 0 saturated carbocycles. The second kappa shape index (κ2) is 8.91. The minimum absolute atomic E-state index is 0.0250. The van der Waals surface area contributed by atoms with Crippen molar-refractivity contribution in [3.8, 4) is 5.75 Å². The van der Waals surface area contributed by atoms with E-state index < -0.39 is 17.8 Å². The fraction of sp³-hybridized carbons (Fsp3) is 0.391. The monoisotopic (exact) mass is 413 g/mol. The largest absolute Gasteiger partial charge is 0.487 e. The van der Waals surface area contributed by atoms with Crippen LogP contribution >= 0.6 is 11.8 Å². The molecule has 1 heterocycles. The predicted octanol–water partition coefficient (Wildman–Crippen LogP) is 5.47. The third-order valence-corrected chi connectivity index (χ3v) is 5.49. The van der Waals surface area contributed by atoms with Crippen molar-refractivity contribution in [2.45, 2.75) is 68.1 Å². The molecule has 1 N–H and O–H groups in total. The molecule has 1 aliphatic rings. The van der Waals surface area contributed by atoms with E-state index in [9.17, 15) is 9.59 Å². The van der Waals surface area contributed by atoms with Gasteiger partial charge in [0.1, 0.15) is 17.5 Å². The number of ketones is 1. The molecule has 1 amide bonds. The van der Waals surface area contributed by atoms with Gasteiger partial charge in [-0.3, -0.25) is 4.79 Å². The molecule has 2 aromatic carbocycles. The SMILES string of the molecule is CCC(NC(=O)OC(C)(C)C)C1CC(=O)c2ccc(Sc3ccccc3)cc2O1. The molecule has 2 atom stereocenters. The minimum Gasteiger partial charge on any atom is -0.487 e. The van der Waals surface area contributed by atoms with Gasteiger partial charge in [0.2, 0.25) is 0 Å². The number of amides is 1. The molecule has 0 fully saturated rings. The zero-order valence-electron chi connectivity index (χ0n) is 17.2. The van der Waals surface area contributed by atoms with Gasteiger partial charge in [0.15, 0.2) is 5.78 Å². The fourth-order valence-corrected chi connectivity index (χ4v) is 4.02.